The van der Waals surface area contributed by atoms with Crippen molar-refractivity contribution in [1.29, 1.82) is 0 Å². The number of pyridine rings is 1. The molecule has 1 aliphatic rings. The SMILES string of the molecule is Cc1cccc(NC2CCC(C(=O)OC(C)(C)C)CC2)n1. The minimum Gasteiger partial charge on any atom is -0.460 e. The number of nitrogens with one attached hydrogen (secondary N) is 1. The lowest BCUT2D eigenvalue weighted by atomic mass is 9.86. The molecule has 0 amide bonds. The molecule has 1 N–H and O–H groups in total. The Hall–Kier alpha value is -1.58. The van der Waals surface area contributed by atoms with E-state index < -0.39 is 5.60 Å². The number of anilines is 1. The van der Waals surface area contributed by atoms with Crippen LogP contribution in [0.25, 0.3) is 0 Å². The Bertz CT molecular complexity index is 486. The smallest absolute Gasteiger partial charge is 0.309 e. The van der Waals surface area contributed by atoms with Crippen LogP contribution in [-0.2, 0) is 9.53 Å². The first-order valence-electron chi connectivity index (χ1n) is 7.76. The number of esters is 1. The van der Waals surface area contributed by atoms with Gasteiger partial charge in [-0.05, 0) is 65.5 Å². The Morgan fingerprint density at radius 3 is 2.48 bits per heavy atom. The summed E-state index contributed by atoms with van der Waals surface area (Å²) in [6.07, 6.45) is 3.75. The van der Waals surface area contributed by atoms with Crippen molar-refractivity contribution >= 4 is 11.8 Å². The first-order chi connectivity index (χ1) is 9.83. The molecule has 4 nitrogen and oxygen atoms in total. The van der Waals surface area contributed by atoms with Crippen molar-refractivity contribution in [3.05, 3.63) is 23.9 Å². The normalized spacial score (nSPS) is 22.7. The van der Waals surface area contributed by atoms with E-state index in [0.717, 1.165) is 37.2 Å². The fraction of sp³-hybridized carbons (Fsp3) is 0.647. The first-order valence-corrected chi connectivity index (χ1v) is 7.76. The van der Waals surface area contributed by atoms with Gasteiger partial charge in [-0.2, -0.15) is 0 Å². The van der Waals surface area contributed by atoms with Crippen LogP contribution >= 0.6 is 0 Å². The molecule has 21 heavy (non-hydrogen) atoms. The van der Waals surface area contributed by atoms with E-state index in [9.17, 15) is 4.79 Å². The topological polar surface area (TPSA) is 51.2 Å². The molecule has 0 bridgehead atoms. The second-order valence-corrected chi connectivity index (χ2v) is 6.89. The van der Waals surface area contributed by atoms with E-state index in [-0.39, 0.29) is 11.9 Å². The van der Waals surface area contributed by atoms with Gasteiger partial charge in [0, 0.05) is 11.7 Å². The number of carbonyl (C=O) groups excluding carboxylic acids is 1. The van der Waals surface area contributed by atoms with Crippen LogP contribution in [-0.4, -0.2) is 22.6 Å². The third-order valence-electron chi connectivity index (χ3n) is 3.71. The zero-order chi connectivity index (χ0) is 15.5. The van der Waals surface area contributed by atoms with Crippen molar-refractivity contribution in [3.63, 3.8) is 0 Å². The number of rotatable bonds is 3. The lowest BCUT2D eigenvalue weighted by Gasteiger charge is -2.30. The summed E-state index contributed by atoms with van der Waals surface area (Å²) in [4.78, 5) is 16.5. The maximum absolute atomic E-state index is 12.1. The molecule has 0 saturated heterocycles. The number of aromatic nitrogens is 1. The van der Waals surface area contributed by atoms with Gasteiger partial charge >= 0.3 is 5.97 Å². The summed E-state index contributed by atoms with van der Waals surface area (Å²) in [5.41, 5.74) is 0.625. The molecule has 0 radical (unpaired) electrons. The van der Waals surface area contributed by atoms with Crippen molar-refractivity contribution in [3.8, 4) is 0 Å². The summed E-state index contributed by atoms with van der Waals surface area (Å²) in [5, 5.41) is 3.47. The quantitative estimate of drug-likeness (QED) is 0.862. The van der Waals surface area contributed by atoms with Crippen molar-refractivity contribution in [2.75, 3.05) is 5.32 Å². The van der Waals surface area contributed by atoms with Crippen molar-refractivity contribution in [2.24, 2.45) is 5.92 Å². The highest BCUT2D eigenvalue weighted by molar-refractivity contribution is 5.73. The van der Waals surface area contributed by atoms with Crippen molar-refractivity contribution < 1.29 is 9.53 Å². The molecule has 4 heteroatoms. The molecular weight excluding hydrogens is 264 g/mol. The largest absolute Gasteiger partial charge is 0.460 e. The van der Waals surface area contributed by atoms with Crippen LogP contribution in [0.5, 0.6) is 0 Å². The van der Waals surface area contributed by atoms with Crippen LogP contribution in [0.1, 0.15) is 52.1 Å². The number of nitrogens with zero attached hydrogens (tertiary/aromatic N) is 1. The third-order valence-corrected chi connectivity index (χ3v) is 3.71. The monoisotopic (exact) mass is 290 g/mol. The molecule has 0 spiro atoms. The van der Waals surface area contributed by atoms with Gasteiger partial charge in [-0.3, -0.25) is 4.79 Å². The maximum atomic E-state index is 12.1. The van der Waals surface area contributed by atoms with E-state index >= 15 is 0 Å². The van der Waals surface area contributed by atoms with E-state index in [0.29, 0.717) is 6.04 Å². The molecule has 0 atom stereocenters. The summed E-state index contributed by atoms with van der Waals surface area (Å²) in [7, 11) is 0. The van der Waals surface area contributed by atoms with Gasteiger partial charge in [-0.25, -0.2) is 4.98 Å². The molecule has 1 heterocycles. The van der Waals surface area contributed by atoms with E-state index in [2.05, 4.69) is 10.3 Å². The molecule has 1 aromatic heterocycles. The Morgan fingerprint density at radius 1 is 1.24 bits per heavy atom. The summed E-state index contributed by atoms with van der Waals surface area (Å²) in [5.74, 6) is 0.929. The van der Waals surface area contributed by atoms with E-state index in [1.54, 1.807) is 0 Å². The molecule has 0 unspecified atom stereocenters. The van der Waals surface area contributed by atoms with Crippen molar-refractivity contribution in [2.45, 2.75) is 65.0 Å². The lowest BCUT2D eigenvalue weighted by molar-refractivity contribution is -0.161. The number of carbonyl (C=O) groups is 1. The van der Waals surface area contributed by atoms with Crippen LogP contribution in [0.4, 0.5) is 5.82 Å². The minimum absolute atomic E-state index is 0.0466. The summed E-state index contributed by atoms with van der Waals surface area (Å²) in [6, 6.07) is 6.40. The standard InChI is InChI=1S/C17H26N2O2/c1-12-6-5-7-15(18-12)19-14-10-8-13(9-11-14)16(20)21-17(2,3)4/h5-7,13-14H,8-11H2,1-4H3,(H,18,19). The van der Waals surface area contributed by atoms with Gasteiger partial charge in [0.2, 0.25) is 0 Å². The van der Waals surface area contributed by atoms with Crippen LogP contribution in [0.2, 0.25) is 0 Å². The summed E-state index contributed by atoms with van der Waals surface area (Å²) >= 11 is 0. The molecule has 0 aromatic carbocycles. The average Bonchev–Trinajstić information content (AvgIpc) is 2.37. The molecule has 116 valence electrons. The molecule has 1 aromatic rings. The molecule has 0 aliphatic heterocycles. The molecule has 1 aliphatic carbocycles. The van der Waals surface area contributed by atoms with E-state index in [4.69, 9.17) is 4.74 Å². The number of hydrogen-bond acceptors (Lipinski definition) is 4. The van der Waals surface area contributed by atoms with Gasteiger partial charge in [-0.15, -0.1) is 0 Å². The second-order valence-electron chi connectivity index (χ2n) is 6.89. The Kier molecular flexibility index (Phi) is 4.86. The number of ether oxygens (including phenoxy) is 1. The minimum atomic E-state index is -0.391. The van der Waals surface area contributed by atoms with E-state index in [1.807, 2.05) is 45.9 Å². The molecule has 1 saturated carbocycles. The molecular formula is C17H26N2O2. The first kappa shape index (κ1) is 15.8. The van der Waals surface area contributed by atoms with Crippen LogP contribution in [0, 0.1) is 12.8 Å². The zero-order valence-corrected chi connectivity index (χ0v) is 13.5. The van der Waals surface area contributed by atoms with E-state index in [1.165, 1.54) is 0 Å². The zero-order valence-electron chi connectivity index (χ0n) is 13.5. The average molecular weight is 290 g/mol. The third kappa shape index (κ3) is 5.03. The fourth-order valence-electron chi connectivity index (χ4n) is 2.69. The van der Waals surface area contributed by atoms with Crippen LogP contribution in [0.3, 0.4) is 0 Å². The molecule has 2 rings (SSSR count). The Labute approximate surface area is 127 Å². The summed E-state index contributed by atoms with van der Waals surface area (Å²) < 4.78 is 5.47. The highest BCUT2D eigenvalue weighted by Crippen LogP contribution is 2.28. The van der Waals surface area contributed by atoms with Gasteiger partial charge in [0.25, 0.3) is 0 Å². The van der Waals surface area contributed by atoms with Gasteiger partial charge < -0.3 is 10.1 Å². The number of hydrogen-bond donors (Lipinski definition) is 1. The Morgan fingerprint density at radius 2 is 1.90 bits per heavy atom. The number of aryl methyl sites for hydroxylation is 1. The Balaban J connectivity index is 1.82. The predicted molar refractivity (Wildman–Crippen MR) is 84.2 cm³/mol. The maximum Gasteiger partial charge on any atom is 0.309 e. The van der Waals surface area contributed by atoms with Crippen molar-refractivity contribution in [1.82, 2.24) is 4.98 Å². The highest BCUT2D eigenvalue weighted by Gasteiger charge is 2.29. The fourth-order valence-corrected chi connectivity index (χ4v) is 2.69. The second kappa shape index (κ2) is 6.46. The lowest BCUT2D eigenvalue weighted by Crippen LogP contribution is -2.34. The van der Waals surface area contributed by atoms with Gasteiger partial charge in [0.1, 0.15) is 11.4 Å². The van der Waals surface area contributed by atoms with Crippen LogP contribution in [0.15, 0.2) is 18.2 Å². The van der Waals surface area contributed by atoms with Gasteiger partial charge in [0.05, 0.1) is 5.92 Å². The predicted octanol–water partition coefficient (Wildman–Crippen LogP) is 3.70. The van der Waals surface area contributed by atoms with Gasteiger partial charge in [-0.1, -0.05) is 6.07 Å². The van der Waals surface area contributed by atoms with Crippen LogP contribution < -0.4 is 5.32 Å². The summed E-state index contributed by atoms with van der Waals surface area (Å²) in [6.45, 7) is 7.75. The highest BCUT2D eigenvalue weighted by atomic mass is 16.6. The molecule has 1 fully saturated rings. The van der Waals surface area contributed by atoms with Gasteiger partial charge in [0.15, 0.2) is 0 Å².